The van der Waals surface area contributed by atoms with E-state index in [9.17, 15) is 4.79 Å². The summed E-state index contributed by atoms with van der Waals surface area (Å²) in [5.41, 5.74) is 1.09. The van der Waals surface area contributed by atoms with E-state index < -0.39 is 0 Å². The molecule has 0 atom stereocenters. The normalized spacial score (nSPS) is 11.1. The Labute approximate surface area is 142 Å². The molecule has 0 spiro atoms. The third-order valence-electron chi connectivity index (χ3n) is 2.95. The molecule has 22 heavy (non-hydrogen) atoms. The summed E-state index contributed by atoms with van der Waals surface area (Å²) in [6.07, 6.45) is 0.980. The lowest BCUT2D eigenvalue weighted by Gasteiger charge is -2.08. The Morgan fingerprint density at radius 2 is 2.27 bits per heavy atom. The van der Waals surface area contributed by atoms with Crippen LogP contribution in [-0.4, -0.2) is 30.3 Å². The van der Waals surface area contributed by atoms with E-state index in [1.54, 1.807) is 6.92 Å². The van der Waals surface area contributed by atoms with Crippen LogP contribution >= 0.6 is 27.3 Å². The molecule has 7 heteroatoms. The van der Waals surface area contributed by atoms with Crippen LogP contribution in [0.5, 0.6) is 0 Å². The number of rotatable bonds is 7. The predicted molar refractivity (Wildman–Crippen MR) is 90.3 cm³/mol. The van der Waals surface area contributed by atoms with Crippen LogP contribution in [-0.2, 0) is 4.74 Å². The maximum absolute atomic E-state index is 12.4. The number of halogens is 1. The highest BCUT2D eigenvalue weighted by Gasteiger charge is 2.22. The van der Waals surface area contributed by atoms with Crippen molar-refractivity contribution in [3.05, 3.63) is 27.2 Å². The second-order valence-electron chi connectivity index (χ2n) is 5.10. The molecule has 1 amide bonds. The van der Waals surface area contributed by atoms with Crippen LogP contribution in [0, 0.1) is 6.92 Å². The van der Waals surface area contributed by atoms with Crippen LogP contribution in [0.15, 0.2) is 20.4 Å². The number of hydrogen-bond donors (Lipinski definition) is 1. The number of nitrogens with one attached hydrogen (secondary N) is 1. The van der Waals surface area contributed by atoms with E-state index >= 15 is 0 Å². The van der Waals surface area contributed by atoms with Gasteiger partial charge in [0.2, 0.25) is 0 Å². The molecule has 2 aromatic heterocycles. The summed E-state index contributed by atoms with van der Waals surface area (Å²) in [6, 6.07) is 3.84. The van der Waals surface area contributed by atoms with Gasteiger partial charge in [-0.05, 0) is 55.3 Å². The van der Waals surface area contributed by atoms with Crippen molar-refractivity contribution in [1.29, 1.82) is 0 Å². The molecule has 0 aliphatic carbocycles. The molecule has 0 aromatic carbocycles. The lowest BCUT2D eigenvalue weighted by Crippen LogP contribution is -2.26. The smallest absolute Gasteiger partial charge is 0.257 e. The molecule has 0 saturated heterocycles. The Morgan fingerprint density at radius 1 is 1.50 bits per heavy atom. The number of aryl methyl sites for hydroxylation is 1. The van der Waals surface area contributed by atoms with Gasteiger partial charge in [0.1, 0.15) is 17.0 Å². The minimum Gasteiger partial charge on any atom is -0.379 e. The summed E-state index contributed by atoms with van der Waals surface area (Å²) in [6.45, 7) is 6.92. The highest BCUT2D eigenvalue weighted by atomic mass is 79.9. The van der Waals surface area contributed by atoms with Gasteiger partial charge >= 0.3 is 0 Å². The fourth-order valence-corrected chi connectivity index (χ4v) is 3.30. The molecule has 0 aliphatic rings. The lowest BCUT2D eigenvalue weighted by molar-refractivity contribution is 0.0757. The first-order valence-electron chi connectivity index (χ1n) is 7.10. The summed E-state index contributed by atoms with van der Waals surface area (Å²) in [4.78, 5) is 13.3. The Balaban J connectivity index is 1.99. The predicted octanol–water partition coefficient (Wildman–Crippen LogP) is 4.02. The van der Waals surface area contributed by atoms with Crippen LogP contribution in [0.2, 0.25) is 0 Å². The van der Waals surface area contributed by atoms with E-state index in [1.807, 2.05) is 26.0 Å². The number of thiophene rings is 1. The van der Waals surface area contributed by atoms with Crippen LogP contribution in [0.1, 0.15) is 36.4 Å². The van der Waals surface area contributed by atoms with E-state index in [4.69, 9.17) is 9.26 Å². The van der Waals surface area contributed by atoms with Crippen LogP contribution in [0.25, 0.3) is 10.6 Å². The molecule has 0 radical (unpaired) electrons. The molecule has 2 rings (SSSR count). The zero-order chi connectivity index (χ0) is 16.1. The minimum atomic E-state index is -0.164. The molecular formula is C15H19BrN2O3S. The summed E-state index contributed by atoms with van der Waals surface area (Å²) >= 11 is 4.93. The van der Waals surface area contributed by atoms with Gasteiger partial charge in [-0.3, -0.25) is 4.79 Å². The van der Waals surface area contributed by atoms with Crippen molar-refractivity contribution in [1.82, 2.24) is 10.5 Å². The van der Waals surface area contributed by atoms with Crippen molar-refractivity contribution < 1.29 is 14.1 Å². The number of amides is 1. The van der Waals surface area contributed by atoms with E-state index in [1.165, 1.54) is 11.3 Å². The van der Waals surface area contributed by atoms with Gasteiger partial charge < -0.3 is 14.6 Å². The topological polar surface area (TPSA) is 64.4 Å². The minimum absolute atomic E-state index is 0.164. The van der Waals surface area contributed by atoms with E-state index in [0.29, 0.717) is 30.2 Å². The van der Waals surface area contributed by atoms with Crippen molar-refractivity contribution >= 4 is 33.2 Å². The number of ether oxygens (including phenoxy) is 1. The number of carbonyl (C=O) groups excluding carboxylic acids is 1. The van der Waals surface area contributed by atoms with Gasteiger partial charge in [0.05, 0.1) is 14.8 Å². The largest absolute Gasteiger partial charge is 0.379 e. The van der Waals surface area contributed by atoms with Crippen molar-refractivity contribution in [2.75, 3.05) is 13.2 Å². The summed E-state index contributed by atoms with van der Waals surface area (Å²) in [7, 11) is 0. The van der Waals surface area contributed by atoms with E-state index in [-0.39, 0.29) is 12.0 Å². The molecule has 0 aliphatic heterocycles. The molecule has 2 aromatic rings. The maximum Gasteiger partial charge on any atom is 0.257 e. The average molecular weight is 387 g/mol. The number of carbonyl (C=O) groups is 1. The fourth-order valence-electron chi connectivity index (χ4n) is 1.93. The Kier molecular flexibility index (Phi) is 6.16. The number of hydrogen-bond acceptors (Lipinski definition) is 5. The van der Waals surface area contributed by atoms with Gasteiger partial charge in [-0.25, -0.2) is 0 Å². The van der Waals surface area contributed by atoms with Crippen molar-refractivity contribution in [3.63, 3.8) is 0 Å². The number of nitrogens with zero attached hydrogens (tertiary/aromatic N) is 1. The molecule has 0 bridgehead atoms. The lowest BCUT2D eigenvalue weighted by atomic mass is 10.1. The van der Waals surface area contributed by atoms with Gasteiger partial charge in [0.25, 0.3) is 5.91 Å². The highest BCUT2D eigenvalue weighted by Crippen LogP contribution is 2.33. The quantitative estimate of drug-likeness (QED) is 0.729. The first-order chi connectivity index (χ1) is 10.5. The van der Waals surface area contributed by atoms with Crippen molar-refractivity contribution in [2.24, 2.45) is 0 Å². The van der Waals surface area contributed by atoms with Gasteiger partial charge in [0.15, 0.2) is 0 Å². The van der Waals surface area contributed by atoms with Crippen LogP contribution in [0.4, 0.5) is 0 Å². The first kappa shape index (κ1) is 17.2. The van der Waals surface area contributed by atoms with Gasteiger partial charge in [-0.1, -0.05) is 5.16 Å². The summed E-state index contributed by atoms with van der Waals surface area (Å²) in [5.74, 6) is 0.360. The van der Waals surface area contributed by atoms with Crippen LogP contribution in [0.3, 0.4) is 0 Å². The SMILES string of the molecule is Cc1onc(-c2ccc(Br)s2)c1C(=O)NCCCOC(C)C. The second kappa shape index (κ2) is 7.89. The Morgan fingerprint density at radius 3 is 2.91 bits per heavy atom. The molecule has 0 unspecified atom stereocenters. The molecule has 0 saturated carbocycles. The van der Waals surface area contributed by atoms with E-state index in [2.05, 4.69) is 26.4 Å². The molecule has 0 fully saturated rings. The molecular weight excluding hydrogens is 368 g/mol. The monoisotopic (exact) mass is 386 g/mol. The summed E-state index contributed by atoms with van der Waals surface area (Å²) < 4.78 is 11.6. The molecule has 120 valence electrons. The zero-order valence-electron chi connectivity index (χ0n) is 12.8. The van der Waals surface area contributed by atoms with Crippen molar-refractivity contribution in [3.8, 4) is 10.6 Å². The third-order valence-corrected chi connectivity index (χ3v) is 4.58. The third kappa shape index (κ3) is 4.41. The molecule has 1 N–H and O–H groups in total. The Hall–Kier alpha value is -1.18. The van der Waals surface area contributed by atoms with Crippen molar-refractivity contribution in [2.45, 2.75) is 33.3 Å². The Bertz CT molecular complexity index is 637. The highest BCUT2D eigenvalue weighted by molar-refractivity contribution is 9.11. The molecule has 5 nitrogen and oxygen atoms in total. The molecule has 2 heterocycles. The maximum atomic E-state index is 12.4. The van der Waals surface area contributed by atoms with E-state index in [0.717, 1.165) is 15.1 Å². The van der Waals surface area contributed by atoms with Crippen LogP contribution < -0.4 is 5.32 Å². The zero-order valence-corrected chi connectivity index (χ0v) is 15.2. The standard InChI is InChI=1S/C15H19BrN2O3S/c1-9(2)20-8-4-7-17-15(19)13-10(3)21-18-14(13)11-5-6-12(16)22-11/h5-6,9H,4,7-8H2,1-3H3,(H,17,19). The first-order valence-corrected chi connectivity index (χ1v) is 8.71. The fraction of sp³-hybridized carbons (Fsp3) is 0.467. The summed E-state index contributed by atoms with van der Waals surface area (Å²) in [5, 5.41) is 6.91. The van der Waals surface area contributed by atoms with Gasteiger partial charge in [0, 0.05) is 13.2 Å². The number of aromatic nitrogens is 1. The second-order valence-corrected chi connectivity index (χ2v) is 7.56. The van der Waals surface area contributed by atoms with Gasteiger partial charge in [-0.2, -0.15) is 0 Å². The average Bonchev–Trinajstić information content (AvgIpc) is 3.03. The van der Waals surface area contributed by atoms with Gasteiger partial charge in [-0.15, -0.1) is 11.3 Å².